The van der Waals surface area contributed by atoms with Crippen molar-refractivity contribution in [3.8, 4) is 11.4 Å². The van der Waals surface area contributed by atoms with E-state index in [0.717, 1.165) is 11.8 Å². The molecule has 1 saturated carbocycles. The zero-order valence-corrected chi connectivity index (χ0v) is 19.1. The number of sulfonamides is 1. The summed E-state index contributed by atoms with van der Waals surface area (Å²) in [6.45, 7) is 1.98. The molecule has 34 heavy (non-hydrogen) atoms. The number of fused-ring (bicyclic) bond motifs is 1. The van der Waals surface area contributed by atoms with Crippen LogP contribution >= 0.6 is 0 Å². The number of hydrogen-bond acceptors (Lipinski definition) is 7. The van der Waals surface area contributed by atoms with Gasteiger partial charge in [0.1, 0.15) is 17.5 Å². The molecule has 5 rings (SSSR count). The summed E-state index contributed by atoms with van der Waals surface area (Å²) < 4.78 is 45.1. The zero-order chi connectivity index (χ0) is 24.0. The Kier molecular flexibility index (Phi) is 5.41. The van der Waals surface area contributed by atoms with E-state index in [9.17, 15) is 17.6 Å². The largest absolute Gasteiger partial charge is 0.339 e. The highest BCUT2D eigenvalue weighted by atomic mass is 32.2. The molecule has 1 aliphatic rings. The van der Waals surface area contributed by atoms with E-state index in [1.54, 1.807) is 34.9 Å². The minimum absolute atomic E-state index is 0.125. The number of anilines is 1. The van der Waals surface area contributed by atoms with Crippen molar-refractivity contribution >= 4 is 27.3 Å². The maximum Gasteiger partial charge on any atom is 0.274 e. The first kappa shape index (κ1) is 22.2. The Hall–Kier alpha value is -3.64. The molecule has 1 fully saturated rings. The average Bonchev–Trinajstić information content (AvgIpc) is 3.17. The van der Waals surface area contributed by atoms with Crippen LogP contribution in [-0.2, 0) is 16.6 Å². The third-order valence-electron chi connectivity index (χ3n) is 5.56. The summed E-state index contributed by atoms with van der Waals surface area (Å²) in [5.41, 5.74) is 3.56. The molecule has 0 radical (unpaired) electrons. The van der Waals surface area contributed by atoms with Gasteiger partial charge in [0.25, 0.3) is 5.91 Å². The topological polar surface area (TPSA) is 131 Å². The first-order valence-electron chi connectivity index (χ1n) is 10.5. The van der Waals surface area contributed by atoms with Gasteiger partial charge in [-0.25, -0.2) is 22.5 Å². The number of nitrogens with one attached hydrogen (secondary N) is 2. The Bertz CT molecular complexity index is 1510. The summed E-state index contributed by atoms with van der Waals surface area (Å²) in [5.74, 6) is -0.0920. The molecular formula is C22H21FN6O4S. The van der Waals surface area contributed by atoms with Crippen LogP contribution in [0.3, 0.4) is 0 Å². The maximum atomic E-state index is 13.3. The van der Waals surface area contributed by atoms with E-state index in [1.165, 1.54) is 6.20 Å². The van der Waals surface area contributed by atoms with Crippen molar-refractivity contribution in [3.05, 3.63) is 65.4 Å². The molecule has 1 aromatic carbocycles. The van der Waals surface area contributed by atoms with Crippen LogP contribution in [0.25, 0.3) is 17.0 Å². The van der Waals surface area contributed by atoms with E-state index in [4.69, 9.17) is 4.52 Å². The molecule has 0 unspecified atom stereocenters. The quantitative estimate of drug-likeness (QED) is 0.412. The van der Waals surface area contributed by atoms with Crippen molar-refractivity contribution in [2.45, 2.75) is 32.0 Å². The summed E-state index contributed by atoms with van der Waals surface area (Å²) in [6, 6.07) is 8.78. The van der Waals surface area contributed by atoms with E-state index in [2.05, 4.69) is 25.2 Å². The molecule has 10 nitrogen and oxygen atoms in total. The van der Waals surface area contributed by atoms with Crippen molar-refractivity contribution in [2.75, 3.05) is 11.6 Å². The number of imidazole rings is 1. The maximum absolute atomic E-state index is 13.3. The lowest BCUT2D eigenvalue weighted by Gasteiger charge is -2.10. The number of carbonyl (C=O) groups excluding carboxylic acids is 1. The number of halogens is 1. The second-order valence-corrected chi connectivity index (χ2v) is 10.1. The summed E-state index contributed by atoms with van der Waals surface area (Å²) in [4.78, 5) is 21.6. The summed E-state index contributed by atoms with van der Waals surface area (Å²) in [7, 11) is -3.32. The summed E-state index contributed by atoms with van der Waals surface area (Å²) in [6.07, 6.45) is 3.66. The number of aromatic nitrogens is 4. The number of hydrogen-bond donors (Lipinski definition) is 2. The molecule has 0 saturated heterocycles. The van der Waals surface area contributed by atoms with Crippen LogP contribution in [0.4, 0.5) is 10.1 Å². The van der Waals surface area contributed by atoms with Crippen molar-refractivity contribution < 1.29 is 22.1 Å². The van der Waals surface area contributed by atoms with Gasteiger partial charge in [0.2, 0.25) is 21.7 Å². The molecule has 2 N–H and O–H groups in total. The third-order valence-corrected chi connectivity index (χ3v) is 6.23. The highest BCUT2D eigenvalue weighted by molar-refractivity contribution is 7.88. The van der Waals surface area contributed by atoms with Crippen LogP contribution in [-0.4, -0.2) is 46.3 Å². The highest BCUT2D eigenvalue weighted by Gasteiger charge is 2.43. The molecule has 4 aromatic rings. The zero-order valence-electron chi connectivity index (χ0n) is 18.3. The molecule has 2 atom stereocenters. The molecule has 12 heteroatoms. The Labute approximate surface area is 194 Å². The molecule has 0 spiro atoms. The van der Waals surface area contributed by atoms with E-state index in [1.807, 2.05) is 13.0 Å². The Balaban J connectivity index is 1.35. The van der Waals surface area contributed by atoms with Crippen LogP contribution in [0.5, 0.6) is 0 Å². The predicted octanol–water partition coefficient (Wildman–Crippen LogP) is 2.82. The van der Waals surface area contributed by atoms with Crippen molar-refractivity contribution in [3.63, 3.8) is 0 Å². The number of nitrogens with zero attached hydrogens (tertiary/aromatic N) is 4. The number of pyridine rings is 1. The lowest BCUT2D eigenvalue weighted by molar-refractivity contribution is 0.102. The third kappa shape index (κ3) is 4.54. The smallest absolute Gasteiger partial charge is 0.274 e. The lowest BCUT2D eigenvalue weighted by Crippen LogP contribution is -2.21. The van der Waals surface area contributed by atoms with Gasteiger partial charge in [-0.2, -0.15) is 4.98 Å². The number of alkyl halides is 1. The molecule has 1 amide bonds. The van der Waals surface area contributed by atoms with Gasteiger partial charge in [-0.05, 0) is 42.7 Å². The van der Waals surface area contributed by atoms with E-state index < -0.39 is 16.2 Å². The van der Waals surface area contributed by atoms with Gasteiger partial charge < -0.3 is 9.84 Å². The Morgan fingerprint density at radius 2 is 2.09 bits per heavy atom. The van der Waals surface area contributed by atoms with Crippen LogP contribution < -0.4 is 10.0 Å². The number of aryl methyl sites for hydroxylation is 1. The fourth-order valence-corrected chi connectivity index (χ4v) is 3.95. The average molecular weight is 485 g/mol. The molecular weight excluding hydrogens is 463 g/mol. The minimum Gasteiger partial charge on any atom is -0.339 e. The van der Waals surface area contributed by atoms with Gasteiger partial charge in [-0.1, -0.05) is 17.3 Å². The molecule has 3 heterocycles. The van der Waals surface area contributed by atoms with E-state index >= 15 is 0 Å². The summed E-state index contributed by atoms with van der Waals surface area (Å²) in [5, 5.41) is 6.82. The second-order valence-electron chi connectivity index (χ2n) is 8.30. The van der Waals surface area contributed by atoms with Crippen molar-refractivity contribution in [2.24, 2.45) is 0 Å². The Morgan fingerprint density at radius 1 is 1.29 bits per heavy atom. The molecule has 176 valence electrons. The number of rotatable bonds is 7. The monoisotopic (exact) mass is 484 g/mol. The van der Waals surface area contributed by atoms with Crippen LogP contribution in [0.15, 0.2) is 47.2 Å². The number of benzene rings is 1. The number of amides is 1. The van der Waals surface area contributed by atoms with E-state index in [-0.39, 0.29) is 24.3 Å². The van der Waals surface area contributed by atoms with E-state index in [0.29, 0.717) is 40.4 Å². The van der Waals surface area contributed by atoms with Crippen molar-refractivity contribution in [1.82, 2.24) is 24.2 Å². The lowest BCUT2D eigenvalue weighted by atomic mass is 10.1. The van der Waals surface area contributed by atoms with Crippen LogP contribution in [0, 0.1) is 6.92 Å². The van der Waals surface area contributed by atoms with Gasteiger partial charge >= 0.3 is 0 Å². The normalized spacial score (nSPS) is 17.7. The Morgan fingerprint density at radius 3 is 2.82 bits per heavy atom. The second kappa shape index (κ2) is 8.29. The standard InChI is InChI=1S/C22H21FN6O4S/c1-12-3-4-14(20-27-22(33-28-20)15-9-16(15)23)8-17(12)26-21(30)18-11-24-19-7-13(5-6-29(18)19)10-25-34(2,31)32/h3-8,11,15-16,25H,9-10H2,1-2H3,(H,26,30)/t15-,16-/m0/s1. The summed E-state index contributed by atoms with van der Waals surface area (Å²) >= 11 is 0. The molecule has 1 aliphatic carbocycles. The first-order chi connectivity index (χ1) is 16.2. The van der Waals surface area contributed by atoms with Gasteiger partial charge in [0.05, 0.1) is 18.4 Å². The minimum atomic E-state index is -3.32. The fourth-order valence-electron chi connectivity index (χ4n) is 3.52. The molecule has 0 aliphatic heterocycles. The van der Waals surface area contributed by atoms with Gasteiger partial charge in [0, 0.05) is 24.0 Å². The van der Waals surface area contributed by atoms with Crippen molar-refractivity contribution in [1.29, 1.82) is 0 Å². The SMILES string of the molecule is Cc1ccc(-c2noc([C@H]3C[C@@H]3F)n2)cc1NC(=O)c1cnc2cc(CNS(C)(=O)=O)ccn12. The molecule has 0 bridgehead atoms. The molecule has 3 aromatic heterocycles. The fraction of sp³-hybridized carbons (Fsp3) is 0.273. The van der Waals surface area contributed by atoms with Crippen LogP contribution in [0.1, 0.15) is 39.8 Å². The van der Waals surface area contributed by atoms with Crippen LogP contribution in [0.2, 0.25) is 0 Å². The first-order valence-corrected chi connectivity index (χ1v) is 12.4. The predicted molar refractivity (Wildman–Crippen MR) is 122 cm³/mol. The van der Waals surface area contributed by atoms with Gasteiger partial charge in [-0.15, -0.1) is 0 Å². The highest BCUT2D eigenvalue weighted by Crippen LogP contribution is 2.43. The number of carbonyl (C=O) groups is 1. The van der Waals surface area contributed by atoms with Gasteiger partial charge in [0.15, 0.2) is 0 Å². The van der Waals surface area contributed by atoms with Gasteiger partial charge in [-0.3, -0.25) is 9.20 Å².